The lowest BCUT2D eigenvalue weighted by atomic mass is 9.92. The van der Waals surface area contributed by atoms with Gasteiger partial charge in [0.05, 0.1) is 37.5 Å². The van der Waals surface area contributed by atoms with E-state index in [2.05, 4.69) is 15.7 Å². The summed E-state index contributed by atoms with van der Waals surface area (Å²) < 4.78 is 13.6. The zero-order valence-corrected chi connectivity index (χ0v) is 24.3. The summed E-state index contributed by atoms with van der Waals surface area (Å²) in [5.41, 5.74) is 1.86. The van der Waals surface area contributed by atoms with Gasteiger partial charge in [-0.25, -0.2) is 9.48 Å². The van der Waals surface area contributed by atoms with Crippen molar-refractivity contribution in [1.29, 1.82) is 0 Å². The molecule has 0 aliphatic heterocycles. The van der Waals surface area contributed by atoms with Crippen molar-refractivity contribution >= 4 is 17.8 Å². The van der Waals surface area contributed by atoms with E-state index in [4.69, 9.17) is 9.47 Å². The molecular weight excluding hydrogens is 548 g/mol. The molecule has 2 aromatic carbocycles. The first-order chi connectivity index (χ1) is 21.0. The number of carboxylic acids is 1. The van der Waals surface area contributed by atoms with Gasteiger partial charge >= 0.3 is 5.97 Å². The van der Waals surface area contributed by atoms with Crippen LogP contribution in [0.15, 0.2) is 66.7 Å². The Labute approximate surface area is 251 Å². The number of hydrogen-bond donors (Lipinski definition) is 3. The van der Waals surface area contributed by atoms with Crippen LogP contribution in [0.3, 0.4) is 0 Å². The third kappa shape index (κ3) is 8.52. The van der Waals surface area contributed by atoms with Crippen molar-refractivity contribution in [2.24, 2.45) is 0 Å². The summed E-state index contributed by atoms with van der Waals surface area (Å²) in [5.74, 6) is -2.10. The highest BCUT2D eigenvalue weighted by molar-refractivity contribution is 5.96. The zero-order chi connectivity index (χ0) is 30.0. The maximum absolute atomic E-state index is 13.5. The van der Waals surface area contributed by atoms with Gasteiger partial charge in [0.25, 0.3) is 5.91 Å². The van der Waals surface area contributed by atoms with E-state index in [9.17, 15) is 19.5 Å². The van der Waals surface area contributed by atoms with E-state index >= 15 is 0 Å². The lowest BCUT2D eigenvalue weighted by molar-refractivity contribution is -0.124. The van der Waals surface area contributed by atoms with Gasteiger partial charge in [-0.3, -0.25) is 9.59 Å². The Morgan fingerprint density at radius 1 is 0.767 bits per heavy atom. The number of nitrogens with zero attached hydrogens (tertiary/aromatic N) is 2. The highest BCUT2D eigenvalue weighted by Crippen LogP contribution is 2.24. The Kier molecular flexibility index (Phi) is 10.6. The second-order valence-electron chi connectivity index (χ2n) is 11.4. The Hall–Kier alpha value is -4.02. The minimum absolute atomic E-state index is 0.0282. The standard InChI is InChI=1S/C33H40N4O6/c38-31(34-25-15-7-9-17-29(25)42-21-23-11-3-1-4-12-23)20-37-28(19-27(36-37)33(40)41)32(39)35-26-16-8-10-18-30(26)43-22-24-13-5-2-6-14-24/h1-6,11-14,19,25-26,29-30H,7-10,15-18,20-22H2,(H,34,38)(H,35,39)(H,40,41)/t25-,26-,29-,30-/m0/s1. The molecule has 43 heavy (non-hydrogen) atoms. The molecule has 10 heteroatoms. The molecule has 2 saturated carbocycles. The molecule has 0 spiro atoms. The molecular formula is C33H40N4O6. The number of amides is 2. The van der Waals surface area contributed by atoms with Crippen molar-refractivity contribution in [3.05, 3.63) is 89.2 Å². The lowest BCUT2D eigenvalue weighted by Gasteiger charge is -2.32. The molecule has 2 amide bonds. The summed E-state index contributed by atoms with van der Waals surface area (Å²) in [6.07, 6.45) is 6.83. The van der Waals surface area contributed by atoms with Crippen molar-refractivity contribution in [2.75, 3.05) is 0 Å². The van der Waals surface area contributed by atoms with Crippen LogP contribution in [-0.4, -0.2) is 57.0 Å². The third-order valence-electron chi connectivity index (χ3n) is 8.21. The molecule has 0 radical (unpaired) electrons. The maximum Gasteiger partial charge on any atom is 0.356 e. The quantitative estimate of drug-likeness (QED) is 0.284. The second kappa shape index (κ2) is 14.9. The molecule has 2 fully saturated rings. The number of benzene rings is 2. The monoisotopic (exact) mass is 588 g/mol. The molecule has 4 atom stereocenters. The van der Waals surface area contributed by atoms with Gasteiger partial charge in [-0.05, 0) is 36.8 Å². The summed E-state index contributed by atoms with van der Waals surface area (Å²) in [7, 11) is 0. The van der Waals surface area contributed by atoms with Gasteiger partial charge in [-0.1, -0.05) is 86.3 Å². The third-order valence-corrected chi connectivity index (χ3v) is 8.21. The summed E-state index contributed by atoms with van der Waals surface area (Å²) in [6, 6.07) is 20.6. The minimum Gasteiger partial charge on any atom is -0.476 e. The van der Waals surface area contributed by atoms with E-state index in [0.29, 0.717) is 13.2 Å². The van der Waals surface area contributed by atoms with Gasteiger partial charge in [0.15, 0.2) is 5.69 Å². The number of ether oxygens (including phenoxy) is 2. The van der Waals surface area contributed by atoms with E-state index < -0.39 is 11.9 Å². The second-order valence-corrected chi connectivity index (χ2v) is 11.4. The van der Waals surface area contributed by atoms with E-state index in [1.54, 1.807) is 0 Å². The first-order valence-electron chi connectivity index (χ1n) is 15.2. The molecule has 3 N–H and O–H groups in total. The number of aromatic nitrogens is 2. The number of hydrogen-bond acceptors (Lipinski definition) is 6. The molecule has 2 aliphatic rings. The minimum atomic E-state index is -1.27. The molecule has 0 bridgehead atoms. The van der Waals surface area contributed by atoms with Gasteiger partial charge in [-0.2, -0.15) is 5.10 Å². The topological polar surface area (TPSA) is 132 Å². The largest absolute Gasteiger partial charge is 0.476 e. The van der Waals surface area contributed by atoms with Crippen LogP contribution in [-0.2, 0) is 34.0 Å². The fourth-order valence-corrected chi connectivity index (χ4v) is 5.93. The number of carbonyl (C=O) groups excluding carboxylic acids is 2. The van der Waals surface area contributed by atoms with Gasteiger partial charge in [0.1, 0.15) is 12.2 Å². The highest BCUT2D eigenvalue weighted by atomic mass is 16.5. The average Bonchev–Trinajstić information content (AvgIpc) is 3.45. The summed E-state index contributed by atoms with van der Waals surface area (Å²) in [6.45, 7) is 0.619. The number of rotatable bonds is 12. The van der Waals surface area contributed by atoms with Gasteiger partial charge < -0.3 is 25.2 Å². The summed E-state index contributed by atoms with van der Waals surface area (Å²) in [5, 5.41) is 19.8. The molecule has 228 valence electrons. The van der Waals surface area contributed by atoms with Gasteiger partial charge in [0, 0.05) is 6.07 Å². The first-order valence-corrected chi connectivity index (χ1v) is 15.2. The fourth-order valence-electron chi connectivity index (χ4n) is 5.93. The van der Waals surface area contributed by atoms with Crippen LogP contribution in [0, 0.1) is 0 Å². The average molecular weight is 589 g/mol. The van der Waals surface area contributed by atoms with Crippen molar-refractivity contribution in [2.45, 2.75) is 95.4 Å². The number of aromatic carboxylic acids is 1. The molecule has 2 aliphatic carbocycles. The number of carbonyl (C=O) groups is 3. The molecule has 0 unspecified atom stereocenters. The smallest absolute Gasteiger partial charge is 0.356 e. The number of carboxylic acid groups (broad SMARTS) is 1. The van der Waals surface area contributed by atoms with E-state index in [1.165, 1.54) is 10.7 Å². The van der Waals surface area contributed by atoms with E-state index in [0.717, 1.165) is 62.5 Å². The van der Waals surface area contributed by atoms with Crippen LogP contribution in [0.4, 0.5) is 0 Å². The van der Waals surface area contributed by atoms with Crippen LogP contribution < -0.4 is 10.6 Å². The lowest BCUT2D eigenvalue weighted by Crippen LogP contribution is -2.48. The summed E-state index contributed by atoms with van der Waals surface area (Å²) in [4.78, 5) is 38.4. The van der Waals surface area contributed by atoms with Crippen molar-refractivity contribution in [3.8, 4) is 0 Å². The first kappa shape index (κ1) is 30.4. The Bertz CT molecular complexity index is 1360. The Balaban J connectivity index is 1.22. The SMILES string of the molecule is O=C(Cn1nc(C(=O)O)cc1C(=O)N[C@H]1CCCC[C@@H]1OCc1ccccc1)N[C@H]1CCCC[C@@H]1OCc1ccccc1. The molecule has 1 heterocycles. The van der Waals surface area contributed by atoms with Crippen LogP contribution in [0.25, 0.3) is 0 Å². The zero-order valence-electron chi connectivity index (χ0n) is 24.3. The Morgan fingerprint density at radius 3 is 1.81 bits per heavy atom. The van der Waals surface area contributed by atoms with Crippen molar-refractivity contribution in [1.82, 2.24) is 20.4 Å². The van der Waals surface area contributed by atoms with Crippen LogP contribution in [0.1, 0.15) is 83.5 Å². The predicted molar refractivity (Wildman–Crippen MR) is 159 cm³/mol. The van der Waals surface area contributed by atoms with Gasteiger partial charge in [0.2, 0.25) is 5.91 Å². The predicted octanol–water partition coefficient (Wildman–Crippen LogP) is 4.48. The molecule has 1 aromatic heterocycles. The molecule has 0 saturated heterocycles. The number of nitrogens with one attached hydrogen (secondary N) is 2. The van der Waals surface area contributed by atoms with Crippen molar-refractivity contribution in [3.63, 3.8) is 0 Å². The van der Waals surface area contributed by atoms with E-state index in [-0.39, 0.29) is 48.1 Å². The molecule has 10 nitrogen and oxygen atoms in total. The highest BCUT2D eigenvalue weighted by Gasteiger charge is 2.31. The van der Waals surface area contributed by atoms with Gasteiger partial charge in [-0.15, -0.1) is 0 Å². The van der Waals surface area contributed by atoms with Crippen LogP contribution in [0.5, 0.6) is 0 Å². The van der Waals surface area contributed by atoms with E-state index in [1.807, 2.05) is 60.7 Å². The van der Waals surface area contributed by atoms with Crippen molar-refractivity contribution < 1.29 is 29.0 Å². The summed E-state index contributed by atoms with van der Waals surface area (Å²) >= 11 is 0. The Morgan fingerprint density at radius 2 is 1.28 bits per heavy atom. The fraction of sp³-hybridized carbons (Fsp3) is 0.455. The molecule has 3 aromatic rings. The maximum atomic E-state index is 13.5. The normalized spacial score (nSPS) is 22.0. The van der Waals surface area contributed by atoms with Crippen LogP contribution >= 0.6 is 0 Å². The van der Waals surface area contributed by atoms with Crippen LogP contribution in [0.2, 0.25) is 0 Å². The molecule has 5 rings (SSSR count).